The number of carbonyl (C=O) groups is 1. The molecule has 4 rings (SSSR count). The van der Waals surface area contributed by atoms with E-state index < -0.39 is 16.1 Å². The molecule has 0 saturated heterocycles. The van der Waals surface area contributed by atoms with Crippen LogP contribution in [0.2, 0.25) is 5.02 Å². The van der Waals surface area contributed by atoms with Crippen molar-refractivity contribution in [3.63, 3.8) is 0 Å². The lowest BCUT2D eigenvalue weighted by Crippen LogP contribution is -2.34. The predicted molar refractivity (Wildman–Crippen MR) is 118 cm³/mol. The first-order chi connectivity index (χ1) is 14.8. The highest BCUT2D eigenvalue weighted by Crippen LogP contribution is 2.32. The third kappa shape index (κ3) is 4.92. The predicted octanol–water partition coefficient (Wildman–Crippen LogP) is 4.44. The summed E-state index contributed by atoms with van der Waals surface area (Å²) in [6.07, 6.45) is -0.631. The highest BCUT2D eigenvalue weighted by atomic mass is 35.5. The molecule has 1 aliphatic heterocycles. The number of anilines is 2. The second-order valence-corrected chi connectivity index (χ2v) is 9.07. The van der Waals surface area contributed by atoms with Crippen molar-refractivity contribution in [2.45, 2.75) is 24.5 Å². The zero-order valence-corrected chi connectivity index (χ0v) is 18.0. The maximum Gasteiger partial charge on any atom is 0.265 e. The highest BCUT2D eigenvalue weighted by molar-refractivity contribution is 7.92. The van der Waals surface area contributed by atoms with E-state index in [0.717, 1.165) is 5.56 Å². The molecule has 0 saturated carbocycles. The van der Waals surface area contributed by atoms with Crippen molar-refractivity contribution in [3.8, 4) is 11.5 Å². The molecule has 31 heavy (non-hydrogen) atoms. The molecule has 1 aliphatic rings. The number of benzene rings is 3. The molecule has 1 atom stereocenters. The number of fused-ring (bicyclic) bond motifs is 1. The third-order valence-corrected chi connectivity index (χ3v) is 6.25. The molecule has 0 aromatic heterocycles. The van der Waals surface area contributed by atoms with E-state index in [4.69, 9.17) is 21.1 Å². The van der Waals surface area contributed by atoms with Crippen LogP contribution in [0.3, 0.4) is 0 Å². The lowest BCUT2D eigenvalue weighted by atomic mass is 10.2. The van der Waals surface area contributed by atoms with Crippen LogP contribution >= 0.6 is 11.6 Å². The van der Waals surface area contributed by atoms with Crippen molar-refractivity contribution in [3.05, 3.63) is 77.3 Å². The number of hydrogen-bond donors (Lipinski definition) is 2. The lowest BCUT2D eigenvalue weighted by molar-refractivity contribution is -0.122. The minimum atomic E-state index is -3.86. The Kier molecular flexibility index (Phi) is 5.75. The number of sulfonamides is 1. The number of carbonyl (C=O) groups excluding carboxylic acids is 1. The summed E-state index contributed by atoms with van der Waals surface area (Å²) in [5, 5.41) is 3.30. The Morgan fingerprint density at radius 3 is 2.48 bits per heavy atom. The smallest absolute Gasteiger partial charge is 0.265 e. The molecule has 0 bridgehead atoms. The maximum atomic E-state index is 12.7. The van der Waals surface area contributed by atoms with E-state index in [1.165, 1.54) is 18.2 Å². The number of ether oxygens (including phenoxy) is 2. The van der Waals surface area contributed by atoms with Crippen molar-refractivity contribution in [2.24, 2.45) is 0 Å². The van der Waals surface area contributed by atoms with Gasteiger partial charge in [-0.15, -0.1) is 0 Å². The largest absolute Gasteiger partial charge is 0.489 e. The molecule has 3 aromatic rings. The molecule has 1 heterocycles. The minimum absolute atomic E-state index is 0.00719. The SMILES string of the molecule is CC1Oc2ccc(S(=O)(=O)Nc3ccc(OCc4ccc(Cl)cc4)cc3)cc2NC1=O. The molecule has 0 fully saturated rings. The minimum Gasteiger partial charge on any atom is -0.489 e. The second kappa shape index (κ2) is 8.49. The fourth-order valence-corrected chi connectivity index (χ4v) is 4.15. The Hall–Kier alpha value is -3.23. The van der Waals surface area contributed by atoms with Gasteiger partial charge in [0.2, 0.25) is 0 Å². The van der Waals surface area contributed by atoms with E-state index in [0.29, 0.717) is 34.5 Å². The summed E-state index contributed by atoms with van der Waals surface area (Å²) >= 11 is 5.87. The molecular formula is C22H19ClN2O5S. The molecular weight excluding hydrogens is 440 g/mol. The third-order valence-electron chi connectivity index (χ3n) is 4.62. The summed E-state index contributed by atoms with van der Waals surface area (Å²) in [7, 11) is -3.86. The number of amides is 1. The standard InChI is InChI=1S/C22H19ClN2O5S/c1-14-22(26)24-20-12-19(10-11-21(20)30-14)31(27,28)25-17-6-8-18(9-7-17)29-13-15-2-4-16(23)5-3-15/h2-12,14,25H,13H2,1H3,(H,24,26). The van der Waals surface area contributed by atoms with Crippen LogP contribution in [0, 0.1) is 0 Å². The van der Waals surface area contributed by atoms with Crippen LogP contribution in [-0.2, 0) is 21.4 Å². The molecule has 9 heteroatoms. The van der Waals surface area contributed by atoms with Gasteiger partial charge < -0.3 is 14.8 Å². The maximum absolute atomic E-state index is 12.7. The Morgan fingerprint density at radius 1 is 1.06 bits per heavy atom. The molecule has 7 nitrogen and oxygen atoms in total. The van der Waals surface area contributed by atoms with Crippen LogP contribution in [0.4, 0.5) is 11.4 Å². The van der Waals surface area contributed by atoms with Gasteiger partial charge >= 0.3 is 0 Å². The fraction of sp³-hybridized carbons (Fsp3) is 0.136. The van der Waals surface area contributed by atoms with Crippen LogP contribution in [0.5, 0.6) is 11.5 Å². The molecule has 0 aliphatic carbocycles. The Morgan fingerprint density at radius 2 is 1.77 bits per heavy atom. The van der Waals surface area contributed by atoms with Gasteiger partial charge in [0.25, 0.3) is 15.9 Å². The van der Waals surface area contributed by atoms with Gasteiger partial charge in [0.15, 0.2) is 6.10 Å². The summed E-state index contributed by atoms with van der Waals surface area (Å²) in [5.41, 5.74) is 1.66. The Labute approximate surface area is 185 Å². The average molecular weight is 459 g/mol. The Bertz CT molecular complexity index is 1210. The van der Waals surface area contributed by atoms with E-state index >= 15 is 0 Å². The summed E-state index contributed by atoms with van der Waals surface area (Å²) < 4.78 is 39.2. The zero-order valence-electron chi connectivity index (χ0n) is 16.5. The summed E-state index contributed by atoms with van der Waals surface area (Å²) in [6, 6.07) is 18.2. The van der Waals surface area contributed by atoms with Gasteiger partial charge in [0.1, 0.15) is 18.1 Å². The summed E-state index contributed by atoms with van der Waals surface area (Å²) in [6.45, 7) is 1.98. The van der Waals surface area contributed by atoms with Gasteiger partial charge in [0.05, 0.1) is 10.6 Å². The summed E-state index contributed by atoms with van der Waals surface area (Å²) in [4.78, 5) is 11.8. The van der Waals surface area contributed by atoms with Crippen LogP contribution < -0.4 is 19.5 Å². The van der Waals surface area contributed by atoms with Gasteiger partial charge in [-0.25, -0.2) is 8.42 Å². The number of halogens is 1. The van der Waals surface area contributed by atoms with E-state index in [1.54, 1.807) is 43.3 Å². The van der Waals surface area contributed by atoms with Crippen LogP contribution in [0.25, 0.3) is 0 Å². The van der Waals surface area contributed by atoms with Crippen molar-refractivity contribution in [1.82, 2.24) is 0 Å². The van der Waals surface area contributed by atoms with Crippen molar-refractivity contribution >= 4 is 38.9 Å². The first kappa shape index (κ1) is 21.0. The van der Waals surface area contributed by atoms with E-state index in [-0.39, 0.29) is 10.8 Å². The van der Waals surface area contributed by atoms with E-state index in [2.05, 4.69) is 10.0 Å². The average Bonchev–Trinajstić information content (AvgIpc) is 2.74. The quantitative estimate of drug-likeness (QED) is 0.569. The molecule has 1 unspecified atom stereocenters. The first-order valence-corrected chi connectivity index (χ1v) is 11.3. The van der Waals surface area contributed by atoms with Crippen LogP contribution in [0.15, 0.2) is 71.6 Å². The van der Waals surface area contributed by atoms with Crippen molar-refractivity contribution < 1.29 is 22.7 Å². The lowest BCUT2D eigenvalue weighted by Gasteiger charge is -2.23. The van der Waals surface area contributed by atoms with Crippen molar-refractivity contribution in [2.75, 3.05) is 10.0 Å². The van der Waals surface area contributed by atoms with Crippen molar-refractivity contribution in [1.29, 1.82) is 0 Å². The number of nitrogens with one attached hydrogen (secondary N) is 2. The monoisotopic (exact) mass is 458 g/mol. The topological polar surface area (TPSA) is 93.7 Å². The molecule has 2 N–H and O–H groups in total. The molecule has 3 aromatic carbocycles. The van der Waals surface area contributed by atoms with E-state index in [9.17, 15) is 13.2 Å². The second-order valence-electron chi connectivity index (χ2n) is 6.95. The van der Waals surface area contributed by atoms with E-state index in [1.807, 2.05) is 12.1 Å². The fourth-order valence-electron chi connectivity index (χ4n) is 2.94. The zero-order chi connectivity index (χ0) is 22.0. The summed E-state index contributed by atoms with van der Waals surface area (Å²) in [5.74, 6) is 0.693. The molecule has 0 spiro atoms. The number of hydrogen-bond acceptors (Lipinski definition) is 5. The first-order valence-electron chi connectivity index (χ1n) is 9.42. The Balaban J connectivity index is 1.43. The molecule has 0 radical (unpaired) electrons. The molecule has 1 amide bonds. The van der Waals surface area contributed by atoms with Gasteiger partial charge in [-0.2, -0.15) is 0 Å². The van der Waals surface area contributed by atoms with Gasteiger partial charge in [-0.05, 0) is 67.1 Å². The molecule has 160 valence electrons. The highest BCUT2D eigenvalue weighted by Gasteiger charge is 2.25. The van der Waals surface area contributed by atoms with Gasteiger partial charge in [-0.1, -0.05) is 23.7 Å². The van der Waals surface area contributed by atoms with Gasteiger partial charge in [-0.3, -0.25) is 9.52 Å². The van der Waals surface area contributed by atoms with Crippen LogP contribution in [-0.4, -0.2) is 20.4 Å². The normalized spacial score (nSPS) is 15.4. The number of rotatable bonds is 6. The van der Waals surface area contributed by atoms with Gasteiger partial charge in [0, 0.05) is 10.7 Å². The van der Waals surface area contributed by atoms with Crippen LogP contribution in [0.1, 0.15) is 12.5 Å².